The van der Waals surface area contributed by atoms with E-state index in [0.717, 1.165) is 6.54 Å². The molecule has 2 rings (SSSR count). The van der Waals surface area contributed by atoms with Gasteiger partial charge >= 0.3 is 5.97 Å². The molecule has 1 aromatic carbocycles. The van der Waals surface area contributed by atoms with Gasteiger partial charge in [-0.2, -0.15) is 0 Å². The van der Waals surface area contributed by atoms with Crippen molar-refractivity contribution in [3.05, 3.63) is 35.9 Å². The Bertz CT molecular complexity index is 401. The van der Waals surface area contributed by atoms with E-state index in [4.69, 9.17) is 9.47 Å². The van der Waals surface area contributed by atoms with Crippen LogP contribution in [0.1, 0.15) is 5.56 Å². The summed E-state index contributed by atoms with van der Waals surface area (Å²) in [6.45, 7) is 2.39. The largest absolute Gasteiger partial charge is 0.468 e. The quantitative estimate of drug-likeness (QED) is 0.738. The molecule has 0 N–H and O–H groups in total. The van der Waals surface area contributed by atoms with Crippen molar-refractivity contribution in [1.29, 1.82) is 0 Å². The van der Waals surface area contributed by atoms with Gasteiger partial charge in [-0.05, 0) is 12.6 Å². The molecule has 0 spiro atoms. The van der Waals surface area contributed by atoms with Gasteiger partial charge in [-0.1, -0.05) is 30.3 Å². The number of ether oxygens (including phenoxy) is 2. The Kier molecular flexibility index (Phi) is 3.99. The summed E-state index contributed by atoms with van der Waals surface area (Å²) in [5.41, 5.74) is 0.762. The summed E-state index contributed by atoms with van der Waals surface area (Å²) in [7, 11) is 3.44. The first-order valence-corrected chi connectivity index (χ1v) is 6.05. The zero-order valence-corrected chi connectivity index (χ0v) is 10.9. The number of methoxy groups -OCH3 is 1. The van der Waals surface area contributed by atoms with Gasteiger partial charge in [0.2, 0.25) is 0 Å². The first kappa shape index (κ1) is 13.1. The molecule has 0 saturated carbocycles. The molecule has 4 heteroatoms. The molecule has 1 aliphatic rings. The Labute approximate surface area is 107 Å². The van der Waals surface area contributed by atoms with Crippen LogP contribution in [-0.4, -0.2) is 44.8 Å². The van der Waals surface area contributed by atoms with Crippen LogP contribution in [0.2, 0.25) is 0 Å². The summed E-state index contributed by atoms with van der Waals surface area (Å²) in [5, 5.41) is 0. The fraction of sp³-hybridized carbons (Fsp3) is 0.500. The zero-order chi connectivity index (χ0) is 13.0. The molecule has 0 amide bonds. The molecule has 0 radical (unpaired) electrons. The Morgan fingerprint density at radius 3 is 2.56 bits per heavy atom. The van der Waals surface area contributed by atoms with E-state index < -0.39 is 5.41 Å². The summed E-state index contributed by atoms with van der Waals surface area (Å²) in [5.74, 6) is -0.173. The van der Waals surface area contributed by atoms with Crippen LogP contribution < -0.4 is 0 Å². The van der Waals surface area contributed by atoms with Gasteiger partial charge in [0.05, 0.1) is 20.3 Å². The highest BCUT2D eigenvalue weighted by molar-refractivity contribution is 5.78. The van der Waals surface area contributed by atoms with Crippen LogP contribution in [0.25, 0.3) is 0 Å². The molecule has 4 nitrogen and oxygen atoms in total. The second-order valence-corrected chi connectivity index (χ2v) is 4.92. The van der Waals surface area contributed by atoms with Gasteiger partial charge in [-0.3, -0.25) is 4.79 Å². The molecule has 0 atom stereocenters. The van der Waals surface area contributed by atoms with E-state index in [-0.39, 0.29) is 5.97 Å². The molecule has 1 fully saturated rings. The lowest BCUT2D eigenvalue weighted by atomic mass is 9.85. The fourth-order valence-corrected chi connectivity index (χ4v) is 2.31. The monoisotopic (exact) mass is 249 g/mol. The second kappa shape index (κ2) is 5.50. The zero-order valence-electron chi connectivity index (χ0n) is 10.9. The molecule has 0 unspecified atom stereocenters. The third kappa shape index (κ3) is 2.71. The molecule has 1 saturated heterocycles. The highest BCUT2D eigenvalue weighted by Crippen LogP contribution is 2.30. The third-order valence-electron chi connectivity index (χ3n) is 3.24. The van der Waals surface area contributed by atoms with Crippen molar-refractivity contribution in [2.75, 3.05) is 33.9 Å². The maximum absolute atomic E-state index is 11.8. The summed E-state index contributed by atoms with van der Waals surface area (Å²) < 4.78 is 10.0. The first-order chi connectivity index (χ1) is 8.66. The molecule has 98 valence electrons. The molecule has 1 aromatic rings. The smallest absolute Gasteiger partial charge is 0.317 e. The average molecular weight is 249 g/mol. The van der Waals surface area contributed by atoms with E-state index >= 15 is 0 Å². The van der Waals surface area contributed by atoms with Crippen molar-refractivity contribution >= 4 is 5.97 Å². The Hall–Kier alpha value is -1.39. The normalized spacial score (nSPS) is 17.3. The van der Waals surface area contributed by atoms with E-state index in [9.17, 15) is 4.79 Å². The van der Waals surface area contributed by atoms with Crippen molar-refractivity contribution in [1.82, 2.24) is 4.90 Å². The summed E-state index contributed by atoms with van der Waals surface area (Å²) in [4.78, 5) is 13.9. The minimum Gasteiger partial charge on any atom is -0.468 e. The molecule has 18 heavy (non-hydrogen) atoms. The fourth-order valence-electron chi connectivity index (χ4n) is 2.31. The van der Waals surface area contributed by atoms with Gasteiger partial charge in [0.1, 0.15) is 5.41 Å². The standard InChI is InChI=1S/C14H19NO3/c1-15(8-12-6-4-3-5-7-12)9-14(10-18-11-14)13(16)17-2/h3-7H,8-11H2,1-2H3. The predicted octanol–water partition coefficient (Wildman–Crippen LogP) is 1.31. The predicted molar refractivity (Wildman–Crippen MR) is 68.0 cm³/mol. The number of esters is 1. The summed E-state index contributed by atoms with van der Waals surface area (Å²) >= 11 is 0. The van der Waals surface area contributed by atoms with Gasteiger partial charge in [0.15, 0.2) is 0 Å². The van der Waals surface area contributed by atoms with Crippen LogP contribution in [0.5, 0.6) is 0 Å². The number of carbonyl (C=O) groups excluding carboxylic acids is 1. The van der Waals surface area contributed by atoms with Gasteiger partial charge < -0.3 is 14.4 Å². The van der Waals surface area contributed by atoms with Crippen LogP contribution in [0, 0.1) is 5.41 Å². The van der Waals surface area contributed by atoms with Gasteiger partial charge in [-0.15, -0.1) is 0 Å². The van der Waals surface area contributed by atoms with Crippen molar-refractivity contribution in [3.8, 4) is 0 Å². The first-order valence-electron chi connectivity index (χ1n) is 6.05. The Morgan fingerprint density at radius 2 is 2.06 bits per heavy atom. The molecule has 1 heterocycles. The van der Waals surface area contributed by atoms with Crippen molar-refractivity contribution in [2.45, 2.75) is 6.54 Å². The maximum Gasteiger partial charge on any atom is 0.317 e. The van der Waals surface area contributed by atoms with Crippen LogP contribution in [-0.2, 0) is 20.8 Å². The minimum absolute atomic E-state index is 0.173. The van der Waals surface area contributed by atoms with E-state index in [1.54, 1.807) is 0 Å². The lowest BCUT2D eigenvalue weighted by Gasteiger charge is -2.40. The highest BCUT2D eigenvalue weighted by atomic mass is 16.5. The lowest BCUT2D eigenvalue weighted by molar-refractivity contribution is -0.186. The van der Waals surface area contributed by atoms with E-state index in [2.05, 4.69) is 17.0 Å². The molecule has 0 aliphatic carbocycles. The van der Waals surface area contributed by atoms with Crippen LogP contribution >= 0.6 is 0 Å². The van der Waals surface area contributed by atoms with E-state index in [1.165, 1.54) is 12.7 Å². The van der Waals surface area contributed by atoms with Crippen molar-refractivity contribution in [2.24, 2.45) is 5.41 Å². The van der Waals surface area contributed by atoms with Crippen molar-refractivity contribution < 1.29 is 14.3 Å². The maximum atomic E-state index is 11.8. The highest BCUT2D eigenvalue weighted by Gasteiger charge is 2.47. The molecular weight excluding hydrogens is 230 g/mol. The molecule has 1 aliphatic heterocycles. The molecule has 0 bridgehead atoms. The number of hydrogen-bond acceptors (Lipinski definition) is 4. The molecular formula is C14H19NO3. The van der Waals surface area contributed by atoms with E-state index in [0.29, 0.717) is 19.8 Å². The van der Waals surface area contributed by atoms with Crippen molar-refractivity contribution in [3.63, 3.8) is 0 Å². The third-order valence-corrected chi connectivity index (χ3v) is 3.24. The lowest BCUT2D eigenvalue weighted by Crippen LogP contribution is -2.55. The number of carbonyl (C=O) groups is 1. The SMILES string of the molecule is COC(=O)C1(CN(C)Cc2ccccc2)COC1. The number of nitrogens with zero attached hydrogens (tertiary/aromatic N) is 1. The average Bonchev–Trinajstić information content (AvgIpc) is 2.34. The number of hydrogen-bond donors (Lipinski definition) is 0. The Balaban J connectivity index is 1.94. The van der Waals surface area contributed by atoms with Gasteiger partial charge in [0.25, 0.3) is 0 Å². The van der Waals surface area contributed by atoms with Gasteiger partial charge in [0, 0.05) is 13.1 Å². The van der Waals surface area contributed by atoms with E-state index in [1.807, 2.05) is 25.2 Å². The van der Waals surface area contributed by atoms with Gasteiger partial charge in [-0.25, -0.2) is 0 Å². The summed E-state index contributed by atoms with van der Waals surface area (Å²) in [6.07, 6.45) is 0. The molecule has 0 aromatic heterocycles. The van der Waals surface area contributed by atoms with Crippen LogP contribution in [0.15, 0.2) is 30.3 Å². The topological polar surface area (TPSA) is 38.8 Å². The number of rotatable bonds is 5. The minimum atomic E-state index is -0.474. The van der Waals surface area contributed by atoms with Crippen LogP contribution in [0.3, 0.4) is 0 Å². The second-order valence-electron chi connectivity index (χ2n) is 4.92. The summed E-state index contributed by atoms with van der Waals surface area (Å²) in [6, 6.07) is 10.2. The van der Waals surface area contributed by atoms with Crippen LogP contribution in [0.4, 0.5) is 0 Å². The Morgan fingerprint density at radius 1 is 1.39 bits per heavy atom. The number of benzene rings is 1.